The maximum atomic E-state index is 13.2. The molecule has 2 atom stereocenters. The molecule has 1 saturated heterocycles. The highest BCUT2D eigenvalue weighted by molar-refractivity contribution is 5.80. The van der Waals surface area contributed by atoms with Gasteiger partial charge in [0.1, 0.15) is 11.9 Å². The van der Waals surface area contributed by atoms with Gasteiger partial charge in [0.2, 0.25) is 0 Å². The van der Waals surface area contributed by atoms with Crippen LogP contribution in [0.2, 0.25) is 0 Å². The lowest BCUT2D eigenvalue weighted by atomic mass is 10.1. The molecule has 1 aliphatic rings. The molecule has 0 spiro atoms. The van der Waals surface area contributed by atoms with E-state index in [0.717, 1.165) is 31.2 Å². The van der Waals surface area contributed by atoms with Crippen LogP contribution in [0.3, 0.4) is 0 Å². The van der Waals surface area contributed by atoms with Gasteiger partial charge in [0.15, 0.2) is 5.96 Å². The highest BCUT2D eigenvalue weighted by Crippen LogP contribution is 2.25. The zero-order valence-corrected chi connectivity index (χ0v) is 16.0. The summed E-state index contributed by atoms with van der Waals surface area (Å²) in [5, 5.41) is 3.45. The first-order valence-electron chi connectivity index (χ1n) is 8.97. The summed E-state index contributed by atoms with van der Waals surface area (Å²) in [5.74, 6) is 0.663. The molecule has 0 aliphatic carbocycles. The predicted molar refractivity (Wildman–Crippen MR) is 100 cm³/mol. The minimum atomic E-state index is -0.226. The molecule has 0 radical (unpaired) electrons. The van der Waals surface area contributed by atoms with Crippen molar-refractivity contribution in [3.8, 4) is 0 Å². The normalized spacial score (nSPS) is 21.9. The second kappa shape index (κ2) is 9.15. The summed E-state index contributed by atoms with van der Waals surface area (Å²) in [6, 6.07) is 7.08. The first-order valence-corrected chi connectivity index (χ1v) is 8.97. The van der Waals surface area contributed by atoms with Crippen molar-refractivity contribution >= 4 is 5.96 Å². The molecule has 0 amide bonds. The number of morpholine rings is 1. The largest absolute Gasteiger partial charge is 0.367 e. The van der Waals surface area contributed by atoms with E-state index in [4.69, 9.17) is 4.74 Å². The van der Waals surface area contributed by atoms with Gasteiger partial charge in [0, 0.05) is 32.7 Å². The van der Waals surface area contributed by atoms with E-state index in [2.05, 4.69) is 47.9 Å². The number of ether oxygens (including phenoxy) is 1. The standard InChI is InChI=1S/C19H31FN4O/c1-14(2)23(5)11-10-22-19(21-4)24-12-15(3)25-18(13-24)16-6-8-17(20)9-7-16/h6-9,14-15,18H,10-13H2,1-5H3,(H,21,22). The molecule has 1 aromatic carbocycles. The Labute approximate surface area is 150 Å². The number of hydrogen-bond donors (Lipinski definition) is 1. The highest BCUT2D eigenvalue weighted by atomic mass is 19.1. The van der Waals surface area contributed by atoms with Crippen molar-refractivity contribution in [2.24, 2.45) is 4.99 Å². The molecular formula is C19H31FN4O. The Morgan fingerprint density at radius 2 is 2.04 bits per heavy atom. The summed E-state index contributed by atoms with van der Waals surface area (Å²) in [6.45, 7) is 9.72. The zero-order chi connectivity index (χ0) is 18.4. The van der Waals surface area contributed by atoms with Crippen molar-refractivity contribution in [3.05, 3.63) is 35.6 Å². The van der Waals surface area contributed by atoms with Gasteiger partial charge < -0.3 is 19.9 Å². The quantitative estimate of drug-likeness (QED) is 0.654. The summed E-state index contributed by atoms with van der Waals surface area (Å²) in [6.07, 6.45) is 0.00179. The van der Waals surface area contributed by atoms with E-state index in [1.165, 1.54) is 12.1 Å². The van der Waals surface area contributed by atoms with Gasteiger partial charge in [-0.1, -0.05) is 12.1 Å². The van der Waals surface area contributed by atoms with Crippen LogP contribution in [-0.2, 0) is 4.74 Å². The molecule has 140 valence electrons. The molecule has 0 aromatic heterocycles. The SMILES string of the molecule is CN=C(NCCN(C)C(C)C)N1CC(C)OC(c2ccc(F)cc2)C1. The zero-order valence-electron chi connectivity index (χ0n) is 16.0. The molecule has 2 unspecified atom stereocenters. The molecule has 1 heterocycles. The number of halogens is 1. The average molecular weight is 350 g/mol. The first kappa shape index (κ1) is 19.7. The van der Waals surface area contributed by atoms with Crippen molar-refractivity contribution in [1.29, 1.82) is 0 Å². The van der Waals surface area contributed by atoms with Crippen LogP contribution >= 0.6 is 0 Å². The van der Waals surface area contributed by atoms with Crippen LogP contribution < -0.4 is 5.32 Å². The summed E-state index contributed by atoms with van der Waals surface area (Å²) < 4.78 is 19.2. The van der Waals surface area contributed by atoms with Gasteiger partial charge in [-0.15, -0.1) is 0 Å². The van der Waals surface area contributed by atoms with Crippen molar-refractivity contribution in [2.75, 3.05) is 40.3 Å². The minimum Gasteiger partial charge on any atom is -0.367 e. The van der Waals surface area contributed by atoms with Crippen LogP contribution in [0, 0.1) is 5.82 Å². The van der Waals surface area contributed by atoms with E-state index in [-0.39, 0.29) is 18.0 Å². The van der Waals surface area contributed by atoms with Crippen LogP contribution in [0.1, 0.15) is 32.4 Å². The predicted octanol–water partition coefficient (Wildman–Crippen LogP) is 2.50. The van der Waals surface area contributed by atoms with Crippen LogP contribution in [0.4, 0.5) is 4.39 Å². The van der Waals surface area contributed by atoms with Crippen LogP contribution in [0.25, 0.3) is 0 Å². The summed E-state index contributed by atoms with van der Waals surface area (Å²) in [4.78, 5) is 8.94. The molecule has 1 fully saturated rings. The molecule has 1 aliphatic heterocycles. The number of rotatable bonds is 5. The van der Waals surface area contributed by atoms with E-state index in [9.17, 15) is 4.39 Å². The van der Waals surface area contributed by atoms with Crippen molar-refractivity contribution in [3.63, 3.8) is 0 Å². The fourth-order valence-electron chi connectivity index (χ4n) is 2.92. The number of nitrogens with one attached hydrogen (secondary N) is 1. The Hall–Kier alpha value is -1.66. The fraction of sp³-hybridized carbons (Fsp3) is 0.632. The Bertz CT molecular complexity index is 561. The maximum absolute atomic E-state index is 13.2. The first-order chi connectivity index (χ1) is 11.9. The molecule has 5 nitrogen and oxygen atoms in total. The lowest BCUT2D eigenvalue weighted by Crippen LogP contribution is -2.51. The third kappa shape index (κ3) is 5.68. The average Bonchev–Trinajstić information content (AvgIpc) is 2.58. The molecule has 1 N–H and O–H groups in total. The van der Waals surface area contributed by atoms with Crippen molar-refractivity contribution in [2.45, 2.75) is 39.0 Å². The Kier molecular flexibility index (Phi) is 7.20. The number of nitrogens with zero attached hydrogens (tertiary/aromatic N) is 3. The van der Waals surface area contributed by atoms with E-state index >= 15 is 0 Å². The van der Waals surface area contributed by atoms with Gasteiger partial charge >= 0.3 is 0 Å². The molecule has 0 saturated carbocycles. The summed E-state index contributed by atoms with van der Waals surface area (Å²) in [5.41, 5.74) is 0.993. The van der Waals surface area contributed by atoms with Gasteiger partial charge in [-0.3, -0.25) is 4.99 Å². The van der Waals surface area contributed by atoms with Crippen LogP contribution in [-0.4, -0.2) is 68.2 Å². The Balaban J connectivity index is 1.97. The Morgan fingerprint density at radius 3 is 2.64 bits per heavy atom. The van der Waals surface area contributed by atoms with E-state index in [1.807, 2.05) is 7.05 Å². The number of guanidine groups is 1. The third-order valence-corrected chi connectivity index (χ3v) is 4.64. The van der Waals surface area contributed by atoms with Crippen LogP contribution in [0.15, 0.2) is 29.3 Å². The Morgan fingerprint density at radius 1 is 1.36 bits per heavy atom. The number of aliphatic imine (C=N–C) groups is 1. The number of hydrogen-bond acceptors (Lipinski definition) is 3. The van der Waals surface area contributed by atoms with Crippen LogP contribution in [0.5, 0.6) is 0 Å². The molecule has 0 bridgehead atoms. The smallest absolute Gasteiger partial charge is 0.193 e. The molecule has 1 aromatic rings. The van der Waals surface area contributed by atoms with Gasteiger partial charge in [0.25, 0.3) is 0 Å². The highest BCUT2D eigenvalue weighted by Gasteiger charge is 2.28. The third-order valence-electron chi connectivity index (χ3n) is 4.64. The fourth-order valence-corrected chi connectivity index (χ4v) is 2.92. The second-order valence-corrected chi connectivity index (χ2v) is 6.94. The maximum Gasteiger partial charge on any atom is 0.193 e. The van der Waals surface area contributed by atoms with Gasteiger partial charge in [-0.2, -0.15) is 0 Å². The van der Waals surface area contributed by atoms with Crippen molar-refractivity contribution in [1.82, 2.24) is 15.1 Å². The molecular weight excluding hydrogens is 319 g/mol. The van der Waals surface area contributed by atoms with Gasteiger partial charge in [-0.25, -0.2) is 4.39 Å². The molecule has 2 rings (SSSR count). The topological polar surface area (TPSA) is 40.1 Å². The second-order valence-electron chi connectivity index (χ2n) is 6.94. The summed E-state index contributed by atoms with van der Waals surface area (Å²) >= 11 is 0. The van der Waals surface area contributed by atoms with E-state index < -0.39 is 0 Å². The number of benzene rings is 1. The van der Waals surface area contributed by atoms with Gasteiger partial charge in [-0.05, 0) is 45.5 Å². The van der Waals surface area contributed by atoms with E-state index in [0.29, 0.717) is 12.6 Å². The minimum absolute atomic E-state index is 0.0822. The van der Waals surface area contributed by atoms with Crippen molar-refractivity contribution < 1.29 is 9.13 Å². The molecule has 25 heavy (non-hydrogen) atoms. The van der Waals surface area contributed by atoms with E-state index in [1.54, 1.807) is 12.1 Å². The summed E-state index contributed by atoms with van der Waals surface area (Å²) in [7, 11) is 3.93. The lowest BCUT2D eigenvalue weighted by molar-refractivity contribution is -0.0605. The van der Waals surface area contributed by atoms with Gasteiger partial charge in [0.05, 0.1) is 12.6 Å². The molecule has 6 heteroatoms. The monoisotopic (exact) mass is 350 g/mol. The lowest BCUT2D eigenvalue weighted by Gasteiger charge is -2.39. The number of likely N-dealkylation sites (N-methyl/N-ethyl adjacent to an activating group) is 1.